The summed E-state index contributed by atoms with van der Waals surface area (Å²) in [4.78, 5) is 9.53. The highest BCUT2D eigenvalue weighted by molar-refractivity contribution is 6.10. The van der Waals surface area contributed by atoms with E-state index >= 15 is 0 Å². The summed E-state index contributed by atoms with van der Waals surface area (Å²) in [5, 5.41) is 9.70. The summed E-state index contributed by atoms with van der Waals surface area (Å²) >= 11 is 0. The van der Waals surface area contributed by atoms with Crippen molar-refractivity contribution in [3.63, 3.8) is 0 Å². The van der Waals surface area contributed by atoms with E-state index in [0.717, 1.165) is 34.3 Å². The number of nitrogens with zero attached hydrogens (tertiary/aromatic N) is 2. The van der Waals surface area contributed by atoms with Gasteiger partial charge in [0.15, 0.2) is 0 Å². The lowest BCUT2D eigenvalue weighted by molar-refractivity contribution is 0.560. The summed E-state index contributed by atoms with van der Waals surface area (Å²) in [6, 6.07) is 35.0. The molecule has 0 fully saturated rings. The monoisotopic (exact) mass is 654 g/mol. The summed E-state index contributed by atoms with van der Waals surface area (Å²) in [6.07, 6.45) is 19.6. The van der Waals surface area contributed by atoms with Gasteiger partial charge in [-0.2, -0.15) is 0 Å². The van der Waals surface area contributed by atoms with Crippen LogP contribution in [-0.4, -0.2) is 24.4 Å². The van der Waals surface area contributed by atoms with Gasteiger partial charge in [-0.3, -0.25) is 15.3 Å². The van der Waals surface area contributed by atoms with E-state index < -0.39 is 5.41 Å². The number of hydrogen-bond donors (Lipinski definition) is 2. The molecule has 0 amide bonds. The maximum absolute atomic E-state index is 5.14. The minimum atomic E-state index is -0.457. The molecular weight excluding hydrogens is 609 g/mol. The highest BCUT2D eigenvalue weighted by atomic mass is 15.1. The zero-order chi connectivity index (χ0) is 34.9. The Morgan fingerprint density at radius 3 is 2.46 bits per heavy atom. The Balaban J connectivity index is 0.00000212. The molecule has 2 aliphatic rings. The Labute approximate surface area is 297 Å². The summed E-state index contributed by atoms with van der Waals surface area (Å²) in [6.45, 7) is 10.6. The van der Waals surface area contributed by atoms with E-state index in [1.807, 2.05) is 46.3 Å². The SMILES string of the molecule is C=C/C(=C\C)CN=C(NC(NC)c1ccc2c(c1)-c1ccccc1C2(C1=CCC=CC=C1)c1ccncc1)c1cccc2ccccc12.CC. The molecule has 1 heterocycles. The average Bonchev–Trinajstić information content (AvgIpc) is 3.29. The van der Waals surface area contributed by atoms with Crippen LogP contribution in [0.2, 0.25) is 0 Å². The maximum atomic E-state index is 5.14. The highest BCUT2D eigenvalue weighted by Gasteiger charge is 2.46. The van der Waals surface area contributed by atoms with Crippen LogP contribution >= 0.6 is 0 Å². The maximum Gasteiger partial charge on any atom is 0.130 e. The van der Waals surface area contributed by atoms with Gasteiger partial charge in [0.1, 0.15) is 12.0 Å². The van der Waals surface area contributed by atoms with E-state index in [1.165, 1.54) is 38.8 Å². The highest BCUT2D eigenvalue weighted by Crippen LogP contribution is 2.57. The van der Waals surface area contributed by atoms with Crippen molar-refractivity contribution < 1.29 is 0 Å². The lowest BCUT2D eigenvalue weighted by atomic mass is 9.67. The molecule has 2 unspecified atom stereocenters. The molecule has 7 rings (SSSR count). The summed E-state index contributed by atoms with van der Waals surface area (Å²) in [5.74, 6) is 0.834. The van der Waals surface area contributed by atoms with Crippen molar-refractivity contribution in [3.05, 3.63) is 198 Å². The van der Waals surface area contributed by atoms with Gasteiger partial charge < -0.3 is 5.32 Å². The van der Waals surface area contributed by atoms with Crippen molar-refractivity contribution in [2.24, 2.45) is 4.99 Å². The van der Waals surface area contributed by atoms with Crippen LogP contribution in [0.3, 0.4) is 0 Å². The predicted molar refractivity (Wildman–Crippen MR) is 213 cm³/mol. The normalized spacial score (nSPS) is 17.2. The van der Waals surface area contributed by atoms with Crippen LogP contribution in [0.5, 0.6) is 0 Å². The standard InChI is InChI=1S/C44H40N4.C2H6/c1-4-31(5-2)30-47-43(38-21-14-16-32-15-10-11-19-36(32)38)48-42(45-3)33-23-24-41-39(29-33)37-20-12-13-22-40(37)44(41,35-25-27-46-28-26-35)34-17-8-6-7-9-18-34;1-2/h4-8,10-29,42,45H,1,9,30H2,2-3H3,(H,47,48);1-2H3/b31-5+;. The van der Waals surface area contributed by atoms with E-state index in [9.17, 15) is 0 Å². The topological polar surface area (TPSA) is 49.3 Å². The molecule has 2 atom stereocenters. The smallest absolute Gasteiger partial charge is 0.130 e. The number of benzene rings is 4. The molecule has 0 saturated heterocycles. The van der Waals surface area contributed by atoms with Gasteiger partial charge in [-0.25, -0.2) is 0 Å². The molecule has 50 heavy (non-hydrogen) atoms. The van der Waals surface area contributed by atoms with Crippen LogP contribution < -0.4 is 10.6 Å². The van der Waals surface area contributed by atoms with Crippen molar-refractivity contribution >= 4 is 16.6 Å². The minimum absolute atomic E-state index is 0.199. The number of nitrogens with one attached hydrogen (secondary N) is 2. The molecule has 0 bridgehead atoms. The lowest BCUT2D eigenvalue weighted by Gasteiger charge is -2.34. The Morgan fingerprint density at radius 1 is 0.900 bits per heavy atom. The second-order valence-electron chi connectivity index (χ2n) is 12.1. The molecule has 0 aliphatic heterocycles. The molecule has 4 heteroatoms. The van der Waals surface area contributed by atoms with Gasteiger partial charge in [0, 0.05) is 18.0 Å². The first-order valence-corrected chi connectivity index (χ1v) is 17.6. The fourth-order valence-corrected chi connectivity index (χ4v) is 7.27. The fraction of sp³-hybridized carbons (Fsp3) is 0.174. The largest absolute Gasteiger partial charge is 0.351 e. The van der Waals surface area contributed by atoms with Crippen molar-refractivity contribution in [1.82, 2.24) is 15.6 Å². The second kappa shape index (κ2) is 15.8. The van der Waals surface area contributed by atoms with E-state index in [0.29, 0.717) is 6.54 Å². The summed E-state index contributed by atoms with van der Waals surface area (Å²) in [7, 11) is 2.00. The number of aliphatic imine (C=N–C) groups is 1. The van der Waals surface area contributed by atoms with Crippen LogP contribution in [0, 0.1) is 0 Å². The van der Waals surface area contributed by atoms with E-state index in [2.05, 4.69) is 156 Å². The Bertz CT molecular complexity index is 2130. The van der Waals surface area contributed by atoms with Crippen LogP contribution in [0.15, 0.2) is 175 Å². The van der Waals surface area contributed by atoms with Crippen LogP contribution in [0.1, 0.15) is 61.2 Å². The van der Waals surface area contributed by atoms with Crippen LogP contribution in [0.25, 0.3) is 21.9 Å². The van der Waals surface area contributed by atoms with E-state index in [-0.39, 0.29) is 6.17 Å². The minimum Gasteiger partial charge on any atom is -0.351 e. The van der Waals surface area contributed by atoms with E-state index in [4.69, 9.17) is 4.99 Å². The zero-order valence-corrected chi connectivity index (χ0v) is 29.5. The number of pyridine rings is 1. The van der Waals surface area contributed by atoms with Crippen molar-refractivity contribution in [2.45, 2.75) is 38.8 Å². The van der Waals surface area contributed by atoms with Crippen molar-refractivity contribution in [3.8, 4) is 11.1 Å². The average molecular weight is 655 g/mol. The Hall–Kier alpha value is -5.58. The van der Waals surface area contributed by atoms with E-state index in [1.54, 1.807) is 0 Å². The van der Waals surface area contributed by atoms with Gasteiger partial charge in [-0.05, 0) is 93.9 Å². The molecule has 0 spiro atoms. The first-order chi connectivity index (χ1) is 24.7. The van der Waals surface area contributed by atoms with Gasteiger partial charge in [0.25, 0.3) is 0 Å². The molecule has 2 aliphatic carbocycles. The number of rotatable bonds is 9. The van der Waals surface area contributed by atoms with Gasteiger partial charge in [-0.15, -0.1) is 0 Å². The molecule has 0 saturated carbocycles. The summed E-state index contributed by atoms with van der Waals surface area (Å²) < 4.78 is 0. The number of hydrogen-bond acceptors (Lipinski definition) is 3. The van der Waals surface area contributed by atoms with Gasteiger partial charge in [0.05, 0.1) is 12.0 Å². The Morgan fingerprint density at radius 2 is 1.66 bits per heavy atom. The number of fused-ring (bicyclic) bond motifs is 4. The second-order valence-corrected chi connectivity index (χ2v) is 12.1. The first-order valence-electron chi connectivity index (χ1n) is 17.6. The van der Waals surface area contributed by atoms with Gasteiger partial charge in [-0.1, -0.05) is 142 Å². The quantitative estimate of drug-likeness (QED) is 0.0720. The molecule has 4 aromatic carbocycles. The van der Waals surface area contributed by atoms with Crippen molar-refractivity contribution in [1.29, 1.82) is 0 Å². The molecule has 250 valence electrons. The molecule has 2 N–H and O–H groups in total. The van der Waals surface area contributed by atoms with Crippen molar-refractivity contribution in [2.75, 3.05) is 13.6 Å². The van der Waals surface area contributed by atoms with Crippen LogP contribution in [-0.2, 0) is 5.41 Å². The lowest BCUT2D eigenvalue weighted by Crippen LogP contribution is -2.37. The summed E-state index contributed by atoms with van der Waals surface area (Å²) in [5.41, 5.74) is 10.4. The third-order valence-electron chi connectivity index (χ3n) is 9.61. The molecule has 1 aromatic heterocycles. The number of amidine groups is 1. The molecular formula is C46H46N4. The molecule has 0 radical (unpaired) electrons. The van der Waals surface area contributed by atoms with Gasteiger partial charge in [0.2, 0.25) is 0 Å². The number of allylic oxidation sites excluding steroid dienone is 7. The first kappa shape index (κ1) is 34.3. The van der Waals surface area contributed by atoms with Gasteiger partial charge >= 0.3 is 0 Å². The number of aromatic nitrogens is 1. The zero-order valence-electron chi connectivity index (χ0n) is 29.5. The molecule has 5 aromatic rings. The predicted octanol–water partition coefficient (Wildman–Crippen LogP) is 10.4. The third-order valence-corrected chi connectivity index (χ3v) is 9.61. The third kappa shape index (κ3) is 6.31. The molecule has 4 nitrogen and oxygen atoms in total. The Kier molecular flexibility index (Phi) is 10.8. The van der Waals surface area contributed by atoms with Crippen LogP contribution in [0.4, 0.5) is 0 Å². The fourth-order valence-electron chi connectivity index (χ4n) is 7.27.